The molecule has 1 aromatic heterocycles. The molecule has 2 aromatic carbocycles. The summed E-state index contributed by atoms with van der Waals surface area (Å²) < 4.78 is 1.73. The molecule has 2 heterocycles. The summed E-state index contributed by atoms with van der Waals surface area (Å²) in [6, 6.07) is 15.4. The van der Waals surface area contributed by atoms with Crippen LogP contribution in [0.1, 0.15) is 45.1 Å². The Morgan fingerprint density at radius 3 is 2.63 bits per heavy atom. The maximum absolute atomic E-state index is 13.3. The highest BCUT2D eigenvalue weighted by molar-refractivity contribution is 6.08. The molecule has 0 bridgehead atoms. The predicted octanol–water partition coefficient (Wildman–Crippen LogP) is 4.11. The largest absolute Gasteiger partial charge is 0.310 e. The van der Waals surface area contributed by atoms with Gasteiger partial charge in [0.25, 0.3) is 0 Å². The lowest BCUT2D eigenvalue weighted by atomic mass is 9.84. The molecular weight excluding hydrogens is 338 g/mol. The lowest BCUT2D eigenvalue weighted by molar-refractivity contribution is -0.116. The van der Waals surface area contributed by atoms with Gasteiger partial charge in [0.2, 0.25) is 5.91 Å². The normalized spacial score (nSPS) is 16.0. The third kappa shape index (κ3) is 2.95. The van der Waals surface area contributed by atoms with E-state index >= 15 is 0 Å². The second kappa shape index (κ2) is 6.50. The standard InChI is InChI=1S/C22H21N3O2/c1-13-7-6-9-16(11-13)25-22-20(15(3)24-25)18(12-19(26)23-22)21(27)17-10-5-4-8-14(17)2/h4-11,18H,12H2,1-3H3,(H,23,26). The average Bonchev–Trinajstić information content (AvgIpc) is 2.97. The van der Waals surface area contributed by atoms with E-state index in [1.54, 1.807) is 4.68 Å². The molecule has 1 atom stereocenters. The third-order valence-corrected chi connectivity index (χ3v) is 5.08. The van der Waals surface area contributed by atoms with E-state index in [1.807, 2.05) is 69.3 Å². The summed E-state index contributed by atoms with van der Waals surface area (Å²) in [5.74, 6) is -0.117. The number of fused-ring (bicyclic) bond motifs is 1. The molecule has 5 nitrogen and oxygen atoms in total. The molecule has 3 aromatic rings. The van der Waals surface area contributed by atoms with Crippen LogP contribution >= 0.6 is 0 Å². The summed E-state index contributed by atoms with van der Waals surface area (Å²) in [4.78, 5) is 25.7. The van der Waals surface area contributed by atoms with Gasteiger partial charge in [-0.2, -0.15) is 5.10 Å². The zero-order chi connectivity index (χ0) is 19.1. The van der Waals surface area contributed by atoms with Gasteiger partial charge in [-0.25, -0.2) is 4.68 Å². The fraction of sp³-hybridized carbons (Fsp3) is 0.227. The Morgan fingerprint density at radius 2 is 1.89 bits per heavy atom. The molecule has 0 fully saturated rings. The minimum atomic E-state index is -0.520. The molecule has 0 saturated carbocycles. The molecule has 27 heavy (non-hydrogen) atoms. The lowest BCUT2D eigenvalue weighted by Gasteiger charge is -2.23. The van der Waals surface area contributed by atoms with Crippen LogP contribution in [0.3, 0.4) is 0 Å². The van der Waals surface area contributed by atoms with E-state index in [-0.39, 0.29) is 18.1 Å². The minimum Gasteiger partial charge on any atom is -0.310 e. The molecule has 136 valence electrons. The van der Waals surface area contributed by atoms with Crippen molar-refractivity contribution in [2.45, 2.75) is 33.1 Å². The first-order valence-electron chi connectivity index (χ1n) is 9.02. The number of carbonyl (C=O) groups excluding carboxylic acids is 2. The molecule has 1 amide bonds. The third-order valence-electron chi connectivity index (χ3n) is 5.08. The van der Waals surface area contributed by atoms with E-state index in [2.05, 4.69) is 10.4 Å². The van der Waals surface area contributed by atoms with Gasteiger partial charge in [0.15, 0.2) is 5.78 Å². The molecule has 5 heteroatoms. The number of anilines is 1. The van der Waals surface area contributed by atoms with Crippen LogP contribution in [0.2, 0.25) is 0 Å². The van der Waals surface area contributed by atoms with Crippen LogP contribution in [-0.2, 0) is 4.79 Å². The van der Waals surface area contributed by atoms with Crippen molar-refractivity contribution in [1.82, 2.24) is 9.78 Å². The number of amides is 1. The van der Waals surface area contributed by atoms with E-state index in [0.717, 1.165) is 28.1 Å². The summed E-state index contributed by atoms with van der Waals surface area (Å²) in [7, 11) is 0. The van der Waals surface area contributed by atoms with Crippen molar-refractivity contribution >= 4 is 17.5 Å². The Labute approximate surface area is 158 Å². The van der Waals surface area contributed by atoms with Gasteiger partial charge in [0.1, 0.15) is 5.82 Å². The van der Waals surface area contributed by atoms with Crippen LogP contribution in [0, 0.1) is 20.8 Å². The van der Waals surface area contributed by atoms with Gasteiger partial charge in [-0.1, -0.05) is 36.4 Å². The molecule has 1 aliphatic rings. The maximum Gasteiger partial charge on any atom is 0.226 e. The quantitative estimate of drug-likeness (QED) is 0.716. The Balaban J connectivity index is 1.85. The highest BCUT2D eigenvalue weighted by Gasteiger charge is 2.36. The molecule has 0 aliphatic carbocycles. The number of nitrogens with zero attached hydrogens (tertiary/aromatic N) is 2. The lowest BCUT2D eigenvalue weighted by Crippen LogP contribution is -2.28. The van der Waals surface area contributed by atoms with Crippen molar-refractivity contribution in [2.24, 2.45) is 0 Å². The van der Waals surface area contributed by atoms with Gasteiger partial charge < -0.3 is 5.32 Å². The summed E-state index contributed by atoms with van der Waals surface area (Å²) in [5, 5.41) is 7.56. The van der Waals surface area contributed by atoms with Crippen molar-refractivity contribution in [3.8, 4) is 5.69 Å². The summed E-state index contributed by atoms with van der Waals surface area (Å²) >= 11 is 0. The Hall–Kier alpha value is -3.21. The molecule has 0 saturated heterocycles. The molecular formula is C22H21N3O2. The summed E-state index contributed by atoms with van der Waals surface area (Å²) in [6.45, 7) is 5.82. The average molecular weight is 359 g/mol. The van der Waals surface area contributed by atoms with Crippen LogP contribution < -0.4 is 5.32 Å². The highest BCUT2D eigenvalue weighted by Crippen LogP contribution is 2.38. The van der Waals surface area contributed by atoms with Crippen molar-refractivity contribution < 1.29 is 9.59 Å². The molecule has 0 radical (unpaired) electrons. The van der Waals surface area contributed by atoms with Crippen molar-refractivity contribution in [2.75, 3.05) is 5.32 Å². The van der Waals surface area contributed by atoms with E-state index < -0.39 is 5.92 Å². The molecule has 0 spiro atoms. The van der Waals surface area contributed by atoms with Crippen molar-refractivity contribution in [3.05, 3.63) is 76.5 Å². The van der Waals surface area contributed by atoms with Gasteiger partial charge in [0, 0.05) is 17.5 Å². The number of aromatic nitrogens is 2. The number of nitrogens with one attached hydrogen (secondary N) is 1. The number of aryl methyl sites for hydroxylation is 3. The van der Waals surface area contributed by atoms with Gasteiger partial charge in [-0.15, -0.1) is 0 Å². The minimum absolute atomic E-state index is 0.0314. The topological polar surface area (TPSA) is 64.0 Å². The second-order valence-corrected chi connectivity index (χ2v) is 7.08. The maximum atomic E-state index is 13.3. The zero-order valence-electron chi connectivity index (χ0n) is 15.6. The Kier molecular flexibility index (Phi) is 4.15. The SMILES string of the molecule is Cc1cccc(-n2nc(C)c3c2NC(=O)CC3C(=O)c2ccccc2C)c1. The fourth-order valence-electron chi connectivity index (χ4n) is 3.75. The molecule has 1 unspecified atom stereocenters. The van der Waals surface area contributed by atoms with Crippen LogP contribution in [0.15, 0.2) is 48.5 Å². The summed E-state index contributed by atoms with van der Waals surface area (Å²) in [6.07, 6.45) is 0.139. The van der Waals surface area contributed by atoms with Gasteiger partial charge in [0.05, 0.1) is 17.3 Å². The van der Waals surface area contributed by atoms with E-state index in [1.165, 1.54) is 0 Å². The second-order valence-electron chi connectivity index (χ2n) is 7.08. The Morgan fingerprint density at radius 1 is 1.11 bits per heavy atom. The number of rotatable bonds is 3. The van der Waals surface area contributed by atoms with E-state index in [0.29, 0.717) is 11.4 Å². The van der Waals surface area contributed by atoms with Crippen LogP contribution in [-0.4, -0.2) is 21.5 Å². The zero-order valence-corrected chi connectivity index (χ0v) is 15.6. The number of Topliss-reactive ketones (excluding diaryl/α,β-unsaturated/α-hetero) is 1. The van der Waals surface area contributed by atoms with Gasteiger partial charge >= 0.3 is 0 Å². The van der Waals surface area contributed by atoms with Gasteiger partial charge in [-0.05, 0) is 44.0 Å². The number of hydrogen-bond donors (Lipinski definition) is 1. The molecule has 1 aliphatic heterocycles. The van der Waals surface area contributed by atoms with Crippen molar-refractivity contribution in [1.29, 1.82) is 0 Å². The first-order chi connectivity index (χ1) is 13.0. The highest BCUT2D eigenvalue weighted by atomic mass is 16.2. The first kappa shape index (κ1) is 17.2. The number of benzene rings is 2. The fourth-order valence-corrected chi connectivity index (χ4v) is 3.75. The molecule has 1 N–H and O–H groups in total. The number of ketones is 1. The predicted molar refractivity (Wildman–Crippen MR) is 105 cm³/mol. The van der Waals surface area contributed by atoms with Gasteiger partial charge in [-0.3, -0.25) is 9.59 Å². The number of hydrogen-bond acceptors (Lipinski definition) is 3. The smallest absolute Gasteiger partial charge is 0.226 e. The van der Waals surface area contributed by atoms with Crippen LogP contribution in [0.25, 0.3) is 5.69 Å². The first-order valence-corrected chi connectivity index (χ1v) is 9.02. The Bertz CT molecular complexity index is 1070. The van der Waals surface area contributed by atoms with E-state index in [9.17, 15) is 9.59 Å². The summed E-state index contributed by atoms with van der Waals surface area (Å²) in [5.41, 5.74) is 5.11. The van der Waals surface area contributed by atoms with Crippen LogP contribution in [0.4, 0.5) is 5.82 Å². The van der Waals surface area contributed by atoms with Crippen molar-refractivity contribution in [3.63, 3.8) is 0 Å². The van der Waals surface area contributed by atoms with Crippen LogP contribution in [0.5, 0.6) is 0 Å². The number of carbonyl (C=O) groups is 2. The van der Waals surface area contributed by atoms with E-state index in [4.69, 9.17) is 0 Å². The monoisotopic (exact) mass is 359 g/mol. The molecule has 4 rings (SSSR count).